The lowest BCUT2D eigenvalue weighted by atomic mass is 10.2. The van der Waals surface area contributed by atoms with E-state index in [0.717, 1.165) is 25.9 Å². The smallest absolute Gasteiger partial charge is 0.226 e. The van der Waals surface area contributed by atoms with Gasteiger partial charge in [-0.05, 0) is 50.6 Å². The van der Waals surface area contributed by atoms with Crippen molar-refractivity contribution in [3.05, 3.63) is 36.0 Å². The lowest BCUT2D eigenvalue weighted by Gasteiger charge is -2.24. The number of nitrogens with one attached hydrogen (secondary N) is 1. The van der Waals surface area contributed by atoms with E-state index in [1.165, 1.54) is 12.1 Å². The summed E-state index contributed by atoms with van der Waals surface area (Å²) in [5.74, 6) is 0.829. The number of aryl methyl sites for hydroxylation is 1. The van der Waals surface area contributed by atoms with Crippen LogP contribution in [0.2, 0.25) is 0 Å². The SMILES string of the molecule is CNCC1CCCN1C(=O)CCCc1nc(-c2ccc(F)cc2)no1. The Labute approximate surface area is 146 Å². The Kier molecular flexibility index (Phi) is 5.75. The van der Waals surface area contributed by atoms with Crippen LogP contribution in [0.3, 0.4) is 0 Å². The minimum Gasteiger partial charge on any atom is -0.339 e. The molecule has 2 aromatic rings. The van der Waals surface area contributed by atoms with E-state index in [4.69, 9.17) is 4.52 Å². The number of likely N-dealkylation sites (tertiary alicyclic amines) is 1. The summed E-state index contributed by atoms with van der Waals surface area (Å²) < 4.78 is 18.2. The van der Waals surface area contributed by atoms with Crippen molar-refractivity contribution in [1.82, 2.24) is 20.4 Å². The van der Waals surface area contributed by atoms with Crippen molar-refractivity contribution >= 4 is 5.91 Å². The summed E-state index contributed by atoms with van der Waals surface area (Å²) in [6, 6.07) is 6.26. The average molecular weight is 346 g/mol. The second-order valence-corrected chi connectivity index (χ2v) is 6.31. The molecule has 0 aliphatic carbocycles. The Balaban J connectivity index is 1.49. The molecule has 1 fully saturated rings. The van der Waals surface area contributed by atoms with Gasteiger partial charge in [0.25, 0.3) is 0 Å². The zero-order valence-electron chi connectivity index (χ0n) is 14.4. The van der Waals surface area contributed by atoms with Crippen molar-refractivity contribution in [3.63, 3.8) is 0 Å². The van der Waals surface area contributed by atoms with Crippen LogP contribution < -0.4 is 5.32 Å². The predicted molar refractivity (Wildman–Crippen MR) is 91.3 cm³/mol. The Morgan fingerprint density at radius 1 is 1.40 bits per heavy atom. The molecule has 1 aliphatic heterocycles. The van der Waals surface area contributed by atoms with Crippen LogP contribution in [0.5, 0.6) is 0 Å². The number of benzene rings is 1. The summed E-state index contributed by atoms with van der Waals surface area (Å²) in [7, 11) is 1.91. The van der Waals surface area contributed by atoms with Crippen LogP contribution in [0.1, 0.15) is 31.6 Å². The van der Waals surface area contributed by atoms with E-state index in [1.807, 2.05) is 11.9 Å². The number of hydrogen-bond donors (Lipinski definition) is 1. The molecule has 25 heavy (non-hydrogen) atoms. The van der Waals surface area contributed by atoms with Gasteiger partial charge in [0.15, 0.2) is 0 Å². The Morgan fingerprint density at radius 3 is 2.96 bits per heavy atom. The molecule has 1 N–H and O–H groups in total. The molecule has 1 atom stereocenters. The normalized spacial score (nSPS) is 17.2. The van der Waals surface area contributed by atoms with Crippen LogP contribution in [0.15, 0.2) is 28.8 Å². The van der Waals surface area contributed by atoms with Crippen LogP contribution in [0, 0.1) is 5.82 Å². The van der Waals surface area contributed by atoms with Crippen molar-refractivity contribution < 1.29 is 13.7 Å². The monoisotopic (exact) mass is 346 g/mol. The Morgan fingerprint density at radius 2 is 2.20 bits per heavy atom. The van der Waals surface area contributed by atoms with Crippen molar-refractivity contribution in [2.75, 3.05) is 20.1 Å². The van der Waals surface area contributed by atoms with Gasteiger partial charge in [0.1, 0.15) is 5.82 Å². The first-order valence-corrected chi connectivity index (χ1v) is 8.70. The first kappa shape index (κ1) is 17.5. The number of likely N-dealkylation sites (N-methyl/N-ethyl adjacent to an activating group) is 1. The molecule has 1 aromatic heterocycles. The fraction of sp³-hybridized carbons (Fsp3) is 0.500. The second-order valence-electron chi connectivity index (χ2n) is 6.31. The minimum absolute atomic E-state index is 0.191. The van der Waals surface area contributed by atoms with E-state index in [2.05, 4.69) is 15.5 Å². The molecule has 0 radical (unpaired) electrons. The fourth-order valence-corrected chi connectivity index (χ4v) is 3.22. The van der Waals surface area contributed by atoms with Gasteiger partial charge in [0.05, 0.1) is 0 Å². The van der Waals surface area contributed by atoms with Gasteiger partial charge in [0, 0.05) is 37.5 Å². The lowest BCUT2D eigenvalue weighted by Crippen LogP contribution is -2.40. The lowest BCUT2D eigenvalue weighted by molar-refractivity contribution is -0.132. The number of rotatable bonds is 7. The zero-order valence-corrected chi connectivity index (χ0v) is 14.4. The van der Waals surface area contributed by atoms with Crippen LogP contribution in [-0.2, 0) is 11.2 Å². The molecule has 1 aliphatic rings. The summed E-state index contributed by atoms with van der Waals surface area (Å²) in [6.07, 6.45) is 3.85. The van der Waals surface area contributed by atoms with Gasteiger partial charge < -0.3 is 14.7 Å². The topological polar surface area (TPSA) is 71.3 Å². The number of halogens is 1. The molecule has 134 valence electrons. The maximum Gasteiger partial charge on any atom is 0.226 e. The number of nitrogens with zero attached hydrogens (tertiary/aromatic N) is 3. The van der Waals surface area contributed by atoms with E-state index in [-0.39, 0.29) is 11.7 Å². The van der Waals surface area contributed by atoms with Crippen LogP contribution in [0.25, 0.3) is 11.4 Å². The maximum absolute atomic E-state index is 12.9. The maximum atomic E-state index is 12.9. The number of hydrogen-bond acceptors (Lipinski definition) is 5. The third-order valence-corrected chi connectivity index (χ3v) is 4.49. The highest BCUT2D eigenvalue weighted by molar-refractivity contribution is 5.76. The number of carbonyl (C=O) groups is 1. The van der Waals surface area contributed by atoms with Gasteiger partial charge in [-0.2, -0.15) is 4.98 Å². The van der Waals surface area contributed by atoms with Gasteiger partial charge in [0.2, 0.25) is 17.6 Å². The Hall–Kier alpha value is -2.28. The molecular formula is C18H23FN4O2. The summed E-state index contributed by atoms with van der Waals surface area (Å²) >= 11 is 0. The highest BCUT2D eigenvalue weighted by Gasteiger charge is 2.27. The Bertz CT molecular complexity index is 701. The third kappa shape index (κ3) is 4.42. The van der Waals surface area contributed by atoms with E-state index in [1.54, 1.807) is 12.1 Å². The molecule has 1 amide bonds. The molecule has 0 bridgehead atoms. The van der Waals surface area contributed by atoms with Crippen molar-refractivity contribution in [1.29, 1.82) is 0 Å². The summed E-state index contributed by atoms with van der Waals surface area (Å²) in [5.41, 5.74) is 0.708. The van der Waals surface area contributed by atoms with Gasteiger partial charge in [-0.1, -0.05) is 5.16 Å². The van der Waals surface area contributed by atoms with Crippen molar-refractivity contribution in [2.45, 2.75) is 38.1 Å². The molecule has 7 heteroatoms. The fourth-order valence-electron chi connectivity index (χ4n) is 3.22. The molecule has 1 unspecified atom stereocenters. The number of carbonyl (C=O) groups excluding carboxylic acids is 1. The standard InChI is InChI=1S/C18H23FN4O2/c1-20-12-15-4-3-11-23(15)17(24)6-2-5-16-21-18(22-25-16)13-7-9-14(19)10-8-13/h7-10,15,20H,2-6,11-12H2,1H3. The molecule has 2 heterocycles. The van der Waals surface area contributed by atoms with E-state index < -0.39 is 0 Å². The molecule has 0 saturated carbocycles. The van der Waals surface area contributed by atoms with Crippen LogP contribution >= 0.6 is 0 Å². The van der Waals surface area contributed by atoms with E-state index in [0.29, 0.717) is 42.6 Å². The summed E-state index contributed by atoms with van der Waals surface area (Å²) in [5, 5.41) is 7.06. The molecule has 6 nitrogen and oxygen atoms in total. The highest BCUT2D eigenvalue weighted by Crippen LogP contribution is 2.19. The predicted octanol–water partition coefficient (Wildman–Crippen LogP) is 2.41. The summed E-state index contributed by atoms with van der Waals surface area (Å²) in [6.45, 7) is 1.69. The minimum atomic E-state index is -0.301. The largest absolute Gasteiger partial charge is 0.339 e. The quantitative estimate of drug-likeness (QED) is 0.834. The average Bonchev–Trinajstić information content (AvgIpc) is 3.25. The van der Waals surface area contributed by atoms with Gasteiger partial charge in [-0.15, -0.1) is 0 Å². The number of aromatic nitrogens is 2. The molecule has 1 aromatic carbocycles. The third-order valence-electron chi connectivity index (χ3n) is 4.49. The summed E-state index contributed by atoms with van der Waals surface area (Å²) in [4.78, 5) is 18.7. The van der Waals surface area contributed by atoms with Crippen LogP contribution in [0.4, 0.5) is 4.39 Å². The second kappa shape index (κ2) is 8.20. The van der Waals surface area contributed by atoms with E-state index in [9.17, 15) is 9.18 Å². The highest BCUT2D eigenvalue weighted by atomic mass is 19.1. The first-order valence-electron chi connectivity index (χ1n) is 8.70. The van der Waals surface area contributed by atoms with Gasteiger partial charge in [-0.3, -0.25) is 4.79 Å². The molecular weight excluding hydrogens is 323 g/mol. The van der Waals surface area contributed by atoms with E-state index >= 15 is 0 Å². The van der Waals surface area contributed by atoms with Crippen molar-refractivity contribution in [2.24, 2.45) is 0 Å². The molecule has 1 saturated heterocycles. The van der Waals surface area contributed by atoms with Gasteiger partial charge >= 0.3 is 0 Å². The molecule has 0 spiro atoms. The molecule has 3 rings (SSSR count). The van der Waals surface area contributed by atoms with Crippen molar-refractivity contribution in [3.8, 4) is 11.4 Å². The van der Waals surface area contributed by atoms with Gasteiger partial charge in [-0.25, -0.2) is 4.39 Å². The number of amides is 1. The zero-order chi connectivity index (χ0) is 17.6. The first-order chi connectivity index (χ1) is 12.2. The van der Waals surface area contributed by atoms with Crippen LogP contribution in [-0.4, -0.2) is 47.1 Å².